The van der Waals surface area contributed by atoms with Crippen molar-refractivity contribution in [3.63, 3.8) is 0 Å². The van der Waals surface area contributed by atoms with Gasteiger partial charge in [-0.3, -0.25) is 0 Å². The van der Waals surface area contributed by atoms with Crippen molar-refractivity contribution in [1.29, 1.82) is 0 Å². The van der Waals surface area contributed by atoms with Gasteiger partial charge < -0.3 is 20.3 Å². The van der Waals surface area contributed by atoms with E-state index in [0.29, 0.717) is 24.9 Å². The number of carbonyl (C=O) groups is 2. The van der Waals surface area contributed by atoms with Gasteiger partial charge in [0.1, 0.15) is 5.60 Å². The van der Waals surface area contributed by atoms with Crippen LogP contribution in [0.25, 0.3) is 0 Å². The molecule has 0 aliphatic carbocycles. The van der Waals surface area contributed by atoms with Crippen molar-refractivity contribution in [3.8, 4) is 0 Å². The Hall–Kier alpha value is -2.24. The van der Waals surface area contributed by atoms with Crippen molar-refractivity contribution in [2.24, 2.45) is 0 Å². The average Bonchev–Trinajstić information content (AvgIpc) is 2.48. The number of nitrogens with one attached hydrogen (secondary N) is 2. The van der Waals surface area contributed by atoms with E-state index in [-0.39, 0.29) is 18.2 Å². The van der Waals surface area contributed by atoms with Gasteiger partial charge in [0, 0.05) is 18.8 Å². The molecule has 0 atom stereocenters. The molecule has 0 aromatic heterocycles. The number of likely N-dealkylation sites (tertiary alicyclic amines) is 1. The summed E-state index contributed by atoms with van der Waals surface area (Å²) in [6, 6.07) is 5.85. The molecule has 2 rings (SSSR count). The zero-order valence-electron chi connectivity index (χ0n) is 17.6. The average molecular weight is 376 g/mol. The summed E-state index contributed by atoms with van der Waals surface area (Å²) in [5.74, 6) is 0.621. The summed E-state index contributed by atoms with van der Waals surface area (Å²) in [7, 11) is 0. The second-order valence-corrected chi connectivity index (χ2v) is 8.80. The number of benzene rings is 1. The molecule has 1 aromatic rings. The van der Waals surface area contributed by atoms with E-state index >= 15 is 0 Å². The fourth-order valence-corrected chi connectivity index (χ4v) is 3.08. The van der Waals surface area contributed by atoms with Crippen LogP contribution < -0.4 is 10.6 Å². The Kier molecular flexibility index (Phi) is 6.39. The molecular weight excluding hydrogens is 342 g/mol. The smallest absolute Gasteiger partial charge is 0.410 e. The maximum atomic E-state index is 12.5. The van der Waals surface area contributed by atoms with Crippen LogP contribution in [0.1, 0.15) is 71.4 Å². The second-order valence-electron chi connectivity index (χ2n) is 8.80. The van der Waals surface area contributed by atoms with E-state index in [4.69, 9.17) is 4.74 Å². The van der Waals surface area contributed by atoms with Gasteiger partial charge in [0.15, 0.2) is 0 Å². The molecule has 1 fully saturated rings. The molecule has 0 saturated carbocycles. The number of anilines is 1. The molecule has 2 N–H and O–H groups in total. The summed E-state index contributed by atoms with van der Waals surface area (Å²) in [5.41, 5.74) is 2.63. The molecule has 0 spiro atoms. The molecule has 1 aromatic carbocycles. The number of para-hydroxylation sites is 1. The van der Waals surface area contributed by atoms with Crippen molar-refractivity contribution in [2.45, 2.75) is 71.9 Å². The van der Waals surface area contributed by atoms with Gasteiger partial charge in [-0.1, -0.05) is 45.9 Å². The molecule has 150 valence electrons. The van der Waals surface area contributed by atoms with E-state index < -0.39 is 5.60 Å². The van der Waals surface area contributed by atoms with Crippen LogP contribution in [0.5, 0.6) is 0 Å². The summed E-state index contributed by atoms with van der Waals surface area (Å²) in [6.45, 7) is 14.9. The van der Waals surface area contributed by atoms with Gasteiger partial charge in [-0.15, -0.1) is 0 Å². The Labute approximate surface area is 162 Å². The minimum atomic E-state index is -0.513. The van der Waals surface area contributed by atoms with Gasteiger partial charge in [0.05, 0.1) is 6.04 Å². The summed E-state index contributed by atoms with van der Waals surface area (Å²) < 4.78 is 5.33. The lowest BCUT2D eigenvalue weighted by atomic mass is 9.93. The highest BCUT2D eigenvalue weighted by atomic mass is 16.6. The third-order valence-corrected chi connectivity index (χ3v) is 4.48. The number of carbonyl (C=O) groups excluding carboxylic acids is 2. The number of ether oxygens (including phenoxy) is 1. The minimum absolute atomic E-state index is 0.0637. The molecule has 1 saturated heterocycles. The lowest BCUT2D eigenvalue weighted by Gasteiger charge is -2.40. The molecule has 0 unspecified atom stereocenters. The van der Waals surface area contributed by atoms with Crippen LogP contribution >= 0.6 is 0 Å². The zero-order valence-corrected chi connectivity index (χ0v) is 17.6. The first-order valence-electron chi connectivity index (χ1n) is 9.66. The predicted octanol–water partition coefficient (Wildman–Crippen LogP) is 4.67. The Morgan fingerprint density at radius 1 is 1.07 bits per heavy atom. The number of nitrogens with zero attached hydrogens (tertiary/aromatic N) is 1. The van der Waals surface area contributed by atoms with E-state index in [2.05, 4.69) is 50.5 Å². The third kappa shape index (κ3) is 5.62. The van der Waals surface area contributed by atoms with Crippen LogP contribution in [0.4, 0.5) is 15.3 Å². The van der Waals surface area contributed by atoms with Gasteiger partial charge in [-0.2, -0.15) is 0 Å². The molecule has 6 nitrogen and oxygen atoms in total. The van der Waals surface area contributed by atoms with Crippen LogP contribution in [0, 0.1) is 0 Å². The first-order valence-corrected chi connectivity index (χ1v) is 9.66. The summed E-state index contributed by atoms with van der Waals surface area (Å²) in [6.07, 6.45) is -0.340. The Balaban J connectivity index is 1.95. The van der Waals surface area contributed by atoms with Gasteiger partial charge >= 0.3 is 12.1 Å². The zero-order chi connectivity index (χ0) is 20.4. The monoisotopic (exact) mass is 375 g/mol. The van der Waals surface area contributed by atoms with E-state index in [0.717, 1.165) is 16.8 Å². The van der Waals surface area contributed by atoms with E-state index in [9.17, 15) is 9.59 Å². The standard InChI is InChI=1S/C21H33N3O3/c1-13(2)16-9-8-10-17(14(3)4)18(16)23-19(25)22-15-11-24(12-15)20(26)27-21(5,6)7/h8-10,13-15H,11-12H2,1-7H3,(H2,22,23,25). The Bertz CT molecular complexity index is 660. The molecule has 1 heterocycles. The van der Waals surface area contributed by atoms with Crippen LogP contribution in [-0.2, 0) is 4.74 Å². The minimum Gasteiger partial charge on any atom is -0.444 e. The molecular formula is C21H33N3O3. The quantitative estimate of drug-likeness (QED) is 0.803. The van der Waals surface area contributed by atoms with E-state index in [1.165, 1.54) is 0 Å². The van der Waals surface area contributed by atoms with Gasteiger partial charge in [0.25, 0.3) is 0 Å². The first kappa shape index (κ1) is 21.1. The van der Waals surface area contributed by atoms with Crippen LogP contribution in [0.3, 0.4) is 0 Å². The maximum absolute atomic E-state index is 12.5. The van der Waals surface area contributed by atoms with Crippen LogP contribution in [0.2, 0.25) is 0 Å². The molecule has 6 heteroatoms. The number of hydrogen-bond donors (Lipinski definition) is 2. The van der Waals surface area contributed by atoms with E-state index in [1.54, 1.807) is 4.90 Å². The molecule has 0 radical (unpaired) electrons. The van der Waals surface area contributed by atoms with Crippen molar-refractivity contribution >= 4 is 17.8 Å². The highest BCUT2D eigenvalue weighted by Gasteiger charge is 2.34. The van der Waals surface area contributed by atoms with Crippen molar-refractivity contribution in [1.82, 2.24) is 10.2 Å². The Morgan fingerprint density at radius 3 is 2.04 bits per heavy atom. The highest BCUT2D eigenvalue weighted by Crippen LogP contribution is 2.32. The number of rotatable bonds is 4. The van der Waals surface area contributed by atoms with Gasteiger partial charge in [-0.25, -0.2) is 9.59 Å². The lowest BCUT2D eigenvalue weighted by molar-refractivity contribution is 0.00649. The number of hydrogen-bond acceptors (Lipinski definition) is 3. The van der Waals surface area contributed by atoms with E-state index in [1.807, 2.05) is 26.8 Å². The fourth-order valence-electron chi connectivity index (χ4n) is 3.08. The SMILES string of the molecule is CC(C)c1cccc(C(C)C)c1NC(=O)NC1CN(C(=O)OC(C)(C)C)C1. The fraction of sp³-hybridized carbons (Fsp3) is 0.619. The van der Waals surface area contributed by atoms with Crippen molar-refractivity contribution in [3.05, 3.63) is 29.3 Å². The first-order chi connectivity index (χ1) is 12.5. The maximum Gasteiger partial charge on any atom is 0.410 e. The van der Waals surface area contributed by atoms with Crippen LogP contribution in [0.15, 0.2) is 18.2 Å². The van der Waals surface area contributed by atoms with Gasteiger partial charge in [0.2, 0.25) is 0 Å². The second kappa shape index (κ2) is 8.19. The number of amides is 3. The molecule has 1 aliphatic heterocycles. The van der Waals surface area contributed by atoms with Crippen molar-refractivity contribution < 1.29 is 14.3 Å². The summed E-state index contributed by atoms with van der Waals surface area (Å²) in [5, 5.41) is 5.98. The predicted molar refractivity (Wildman–Crippen MR) is 108 cm³/mol. The molecule has 3 amide bonds. The summed E-state index contributed by atoms with van der Waals surface area (Å²) in [4.78, 5) is 26.1. The molecule has 27 heavy (non-hydrogen) atoms. The highest BCUT2D eigenvalue weighted by molar-refractivity contribution is 5.91. The molecule has 0 bridgehead atoms. The largest absolute Gasteiger partial charge is 0.444 e. The normalized spacial score (nSPS) is 14.9. The number of urea groups is 1. The van der Waals surface area contributed by atoms with Crippen molar-refractivity contribution in [2.75, 3.05) is 18.4 Å². The lowest BCUT2D eigenvalue weighted by Crippen LogP contribution is -2.62. The molecule has 1 aliphatic rings. The summed E-state index contributed by atoms with van der Waals surface area (Å²) >= 11 is 0. The van der Waals surface area contributed by atoms with Gasteiger partial charge in [-0.05, 0) is 43.7 Å². The Morgan fingerprint density at radius 2 is 1.59 bits per heavy atom. The topological polar surface area (TPSA) is 70.7 Å². The third-order valence-electron chi connectivity index (χ3n) is 4.48. The van der Waals surface area contributed by atoms with Crippen LogP contribution in [-0.4, -0.2) is 41.8 Å².